The van der Waals surface area contributed by atoms with E-state index >= 15 is 0 Å². The average molecular weight is 218 g/mol. The predicted octanol–water partition coefficient (Wildman–Crippen LogP) is 1.66. The zero-order chi connectivity index (χ0) is 11.4. The first-order valence-electron chi connectivity index (χ1n) is 4.68. The van der Waals surface area contributed by atoms with E-state index in [2.05, 4.69) is 19.6 Å². The van der Waals surface area contributed by atoms with Gasteiger partial charge in [0.05, 0.1) is 13.8 Å². The number of rotatable bonds is 5. The monoisotopic (exact) mass is 218 g/mol. The third kappa shape index (κ3) is 5.01. The van der Waals surface area contributed by atoms with Crippen LogP contribution in [0, 0.1) is 0 Å². The maximum atomic E-state index is 11.1. The van der Waals surface area contributed by atoms with E-state index in [1.54, 1.807) is 0 Å². The van der Waals surface area contributed by atoms with Gasteiger partial charge in [-0.05, 0) is 6.42 Å². The maximum Gasteiger partial charge on any atom is 0.317 e. The molecule has 0 spiro atoms. The number of ether oxygens (including phenoxy) is 1. The third-order valence-electron chi connectivity index (χ3n) is 1.91. The second-order valence-electron chi connectivity index (χ2n) is 4.32. The van der Waals surface area contributed by atoms with E-state index in [0.717, 1.165) is 6.42 Å². The summed E-state index contributed by atoms with van der Waals surface area (Å²) in [5.74, 6) is -1.77. The molecule has 0 aromatic rings. The highest BCUT2D eigenvalue weighted by Gasteiger charge is 2.29. The molecule has 0 aliphatic rings. The van der Waals surface area contributed by atoms with Crippen LogP contribution in [0.3, 0.4) is 0 Å². The summed E-state index contributed by atoms with van der Waals surface area (Å²) in [6.45, 7) is 8.22. The summed E-state index contributed by atoms with van der Waals surface area (Å²) in [6, 6.07) is 0. The van der Waals surface area contributed by atoms with Gasteiger partial charge in [-0.2, -0.15) is 0 Å². The van der Waals surface area contributed by atoms with E-state index in [9.17, 15) is 9.59 Å². The molecule has 0 fully saturated rings. The molecular formula is C9H18O4Si. The Morgan fingerprint density at radius 3 is 2.14 bits per heavy atom. The van der Waals surface area contributed by atoms with E-state index in [4.69, 9.17) is 9.84 Å². The fourth-order valence-electron chi connectivity index (χ4n) is 1.20. The van der Waals surface area contributed by atoms with Crippen molar-refractivity contribution in [1.82, 2.24) is 0 Å². The maximum absolute atomic E-state index is 11.1. The number of carbonyl (C=O) groups is 2. The zero-order valence-corrected chi connectivity index (χ0v) is 10.2. The van der Waals surface area contributed by atoms with Gasteiger partial charge in [-0.15, -0.1) is 0 Å². The molecule has 1 atom stereocenters. The van der Waals surface area contributed by atoms with Crippen LogP contribution in [0.1, 0.15) is 19.8 Å². The Balaban J connectivity index is 4.19. The molecule has 82 valence electrons. The van der Waals surface area contributed by atoms with Gasteiger partial charge in [0.15, 0.2) is 0 Å². The zero-order valence-electron chi connectivity index (χ0n) is 9.16. The van der Waals surface area contributed by atoms with E-state index < -0.39 is 26.4 Å². The van der Waals surface area contributed by atoms with Crippen molar-refractivity contribution < 1.29 is 19.4 Å². The number of carbonyl (C=O) groups excluding carboxylic acids is 1. The number of carboxylic acids is 1. The van der Waals surface area contributed by atoms with Gasteiger partial charge in [0.2, 0.25) is 0 Å². The minimum atomic E-state index is -1.54. The van der Waals surface area contributed by atoms with Crippen LogP contribution in [-0.2, 0) is 14.3 Å². The molecule has 0 aromatic carbocycles. The van der Waals surface area contributed by atoms with Gasteiger partial charge in [-0.25, -0.2) is 0 Å². The lowest BCUT2D eigenvalue weighted by atomic mass is 10.4. The molecule has 1 N–H and O–H groups in total. The van der Waals surface area contributed by atoms with E-state index in [0.29, 0.717) is 0 Å². The van der Waals surface area contributed by atoms with Crippen LogP contribution in [0.2, 0.25) is 19.6 Å². The molecule has 14 heavy (non-hydrogen) atoms. The summed E-state index contributed by atoms with van der Waals surface area (Å²) in [5, 5.41) is 8.38. The number of aliphatic carboxylic acids is 1. The lowest BCUT2D eigenvalue weighted by Gasteiger charge is -2.27. The molecule has 0 saturated heterocycles. The summed E-state index contributed by atoms with van der Waals surface area (Å²) in [5.41, 5.74) is -0.0886. The highest BCUT2D eigenvalue weighted by molar-refractivity contribution is 6.77. The topological polar surface area (TPSA) is 63.6 Å². The Labute approximate surface area is 85.3 Å². The Hall–Kier alpha value is -0.843. The van der Waals surface area contributed by atoms with Gasteiger partial charge in [0.25, 0.3) is 0 Å². The van der Waals surface area contributed by atoms with Crippen molar-refractivity contribution in [2.75, 3.05) is 0 Å². The summed E-state index contributed by atoms with van der Waals surface area (Å²) >= 11 is 0. The second-order valence-corrected chi connectivity index (χ2v) is 9.70. The number of hydrogen-bond acceptors (Lipinski definition) is 3. The van der Waals surface area contributed by atoms with Gasteiger partial charge < -0.3 is 9.84 Å². The van der Waals surface area contributed by atoms with Crippen molar-refractivity contribution in [1.29, 1.82) is 0 Å². The summed E-state index contributed by atoms with van der Waals surface area (Å²) in [6.07, 6.45) is 0.210. The van der Waals surface area contributed by atoms with Crippen molar-refractivity contribution in [3.8, 4) is 0 Å². The normalized spacial score (nSPS) is 13.4. The van der Waals surface area contributed by atoms with Crippen LogP contribution in [0.25, 0.3) is 0 Å². The molecule has 5 heteroatoms. The molecule has 0 heterocycles. The lowest BCUT2D eigenvalue weighted by molar-refractivity contribution is -0.152. The van der Waals surface area contributed by atoms with Crippen LogP contribution in [0.15, 0.2) is 0 Å². The Bertz CT molecular complexity index is 219. The SMILES string of the molecule is CCC(OC(=O)CC(=O)O)[Si](C)(C)C. The van der Waals surface area contributed by atoms with Crippen molar-refractivity contribution in [2.45, 2.75) is 45.1 Å². The summed E-state index contributed by atoms with van der Waals surface area (Å²) in [7, 11) is -1.54. The molecule has 0 radical (unpaired) electrons. The first-order chi connectivity index (χ1) is 6.27. The number of esters is 1. The fourth-order valence-corrected chi connectivity index (χ4v) is 2.91. The Kier molecular flexibility index (Phi) is 4.83. The van der Waals surface area contributed by atoms with E-state index in [1.807, 2.05) is 6.92 Å². The van der Waals surface area contributed by atoms with Gasteiger partial charge in [-0.3, -0.25) is 9.59 Å². The Morgan fingerprint density at radius 1 is 1.36 bits per heavy atom. The number of carboxylic acid groups (broad SMARTS) is 1. The highest BCUT2D eigenvalue weighted by atomic mass is 28.3. The van der Waals surface area contributed by atoms with Gasteiger partial charge in [0, 0.05) is 0 Å². The number of hydrogen-bond donors (Lipinski definition) is 1. The van der Waals surface area contributed by atoms with Gasteiger partial charge >= 0.3 is 11.9 Å². The van der Waals surface area contributed by atoms with Gasteiger partial charge in [0.1, 0.15) is 6.42 Å². The molecule has 0 bridgehead atoms. The van der Waals surface area contributed by atoms with Crippen molar-refractivity contribution >= 4 is 20.0 Å². The van der Waals surface area contributed by atoms with Crippen LogP contribution in [0.4, 0.5) is 0 Å². The quantitative estimate of drug-likeness (QED) is 0.433. The third-order valence-corrected chi connectivity index (χ3v) is 4.36. The Morgan fingerprint density at radius 2 is 1.86 bits per heavy atom. The average Bonchev–Trinajstić information content (AvgIpc) is 1.96. The van der Waals surface area contributed by atoms with Crippen LogP contribution < -0.4 is 0 Å². The summed E-state index contributed by atoms with van der Waals surface area (Å²) in [4.78, 5) is 21.3. The smallest absolute Gasteiger partial charge is 0.317 e. The lowest BCUT2D eigenvalue weighted by Crippen LogP contribution is -2.41. The molecule has 0 rings (SSSR count). The molecule has 0 aliphatic heterocycles. The standard InChI is InChI=1S/C9H18O4Si/c1-5-9(14(2,3)4)13-8(12)6-7(10)11/h9H,5-6H2,1-4H3,(H,10,11). The highest BCUT2D eigenvalue weighted by Crippen LogP contribution is 2.15. The minimum Gasteiger partial charge on any atom is -0.481 e. The molecule has 0 aliphatic carbocycles. The minimum absolute atomic E-state index is 0.0886. The van der Waals surface area contributed by atoms with Gasteiger partial charge in [-0.1, -0.05) is 26.6 Å². The van der Waals surface area contributed by atoms with E-state index in [-0.39, 0.29) is 5.73 Å². The van der Waals surface area contributed by atoms with Crippen molar-refractivity contribution in [2.24, 2.45) is 0 Å². The molecular weight excluding hydrogens is 200 g/mol. The largest absolute Gasteiger partial charge is 0.481 e. The van der Waals surface area contributed by atoms with E-state index in [1.165, 1.54) is 0 Å². The van der Waals surface area contributed by atoms with Crippen LogP contribution >= 0.6 is 0 Å². The first kappa shape index (κ1) is 13.2. The predicted molar refractivity (Wildman–Crippen MR) is 55.8 cm³/mol. The first-order valence-corrected chi connectivity index (χ1v) is 8.26. The molecule has 0 aromatic heterocycles. The molecule has 0 amide bonds. The fraction of sp³-hybridized carbons (Fsp3) is 0.778. The van der Waals surface area contributed by atoms with Crippen molar-refractivity contribution in [3.05, 3.63) is 0 Å². The molecule has 0 saturated carbocycles. The molecule has 4 nitrogen and oxygen atoms in total. The second kappa shape index (κ2) is 5.14. The van der Waals surface area contributed by atoms with Crippen LogP contribution in [0.5, 0.6) is 0 Å². The summed E-state index contributed by atoms with van der Waals surface area (Å²) < 4.78 is 5.12. The molecule has 1 unspecified atom stereocenters. The van der Waals surface area contributed by atoms with Crippen LogP contribution in [-0.4, -0.2) is 30.8 Å². The van der Waals surface area contributed by atoms with Crippen molar-refractivity contribution in [3.63, 3.8) is 0 Å².